The molecule has 33 heavy (non-hydrogen) atoms. The Morgan fingerprint density at radius 1 is 0.576 bits per heavy atom. The van der Waals surface area contributed by atoms with E-state index in [4.69, 9.17) is 16.0 Å². The van der Waals surface area contributed by atoms with Crippen molar-refractivity contribution in [3.63, 3.8) is 0 Å². The van der Waals surface area contributed by atoms with E-state index in [1.165, 1.54) is 21.8 Å². The van der Waals surface area contributed by atoms with Crippen LogP contribution in [0.2, 0.25) is 5.02 Å². The lowest BCUT2D eigenvalue weighted by Gasteiger charge is -2.11. The molecule has 0 spiro atoms. The summed E-state index contributed by atoms with van der Waals surface area (Å²) in [7, 11) is 0. The summed E-state index contributed by atoms with van der Waals surface area (Å²) in [5.41, 5.74) is 7.35. The van der Waals surface area contributed by atoms with Gasteiger partial charge >= 0.3 is 0 Å². The Morgan fingerprint density at radius 3 is 1.97 bits per heavy atom. The quantitative estimate of drug-likeness (QED) is 0.260. The molecule has 7 rings (SSSR count). The molecule has 156 valence electrons. The van der Waals surface area contributed by atoms with Crippen molar-refractivity contribution < 1.29 is 4.42 Å². The van der Waals surface area contributed by atoms with Crippen molar-refractivity contribution in [1.29, 1.82) is 0 Å². The molecule has 0 aliphatic carbocycles. The van der Waals surface area contributed by atoms with Crippen LogP contribution >= 0.6 is 11.6 Å². The van der Waals surface area contributed by atoms with E-state index in [-0.39, 0.29) is 0 Å². The third kappa shape index (κ3) is 2.75. The fraction of sp³-hybridized carbons (Fsp3) is 0. The normalized spacial score (nSPS) is 11.8. The van der Waals surface area contributed by atoms with Crippen molar-refractivity contribution in [2.45, 2.75) is 0 Å². The summed E-state index contributed by atoms with van der Waals surface area (Å²) in [5, 5.41) is 5.32. The maximum atomic E-state index is 6.37. The van der Waals surface area contributed by atoms with Crippen molar-refractivity contribution in [3.8, 4) is 16.8 Å². The molecule has 2 heterocycles. The monoisotopic (exact) mass is 443 g/mol. The van der Waals surface area contributed by atoms with Gasteiger partial charge in [0.2, 0.25) is 0 Å². The van der Waals surface area contributed by atoms with Crippen molar-refractivity contribution in [2.24, 2.45) is 0 Å². The second kappa shape index (κ2) is 6.99. The first kappa shape index (κ1) is 18.6. The third-order valence-corrected chi connectivity index (χ3v) is 6.68. The van der Waals surface area contributed by atoms with Crippen LogP contribution in [0.4, 0.5) is 0 Å². The zero-order chi connectivity index (χ0) is 21.9. The van der Waals surface area contributed by atoms with Crippen molar-refractivity contribution in [1.82, 2.24) is 4.57 Å². The predicted molar refractivity (Wildman–Crippen MR) is 139 cm³/mol. The minimum atomic E-state index is 0.672. The number of aromatic nitrogens is 1. The van der Waals surface area contributed by atoms with Gasteiger partial charge in [0.05, 0.1) is 11.0 Å². The second-order valence-corrected chi connectivity index (χ2v) is 8.78. The fourth-order valence-corrected chi connectivity index (χ4v) is 5.16. The van der Waals surface area contributed by atoms with Gasteiger partial charge in [0.25, 0.3) is 0 Å². The summed E-state index contributed by atoms with van der Waals surface area (Å²) in [4.78, 5) is 0. The number of rotatable bonds is 2. The molecule has 3 heteroatoms. The molecule has 0 saturated heterocycles. The average molecular weight is 444 g/mol. The van der Waals surface area contributed by atoms with Gasteiger partial charge in [-0.2, -0.15) is 0 Å². The first-order valence-electron chi connectivity index (χ1n) is 11.0. The van der Waals surface area contributed by atoms with Crippen LogP contribution in [0.1, 0.15) is 0 Å². The van der Waals surface area contributed by atoms with E-state index in [0.29, 0.717) is 5.02 Å². The zero-order valence-electron chi connectivity index (χ0n) is 17.6. The van der Waals surface area contributed by atoms with Crippen LogP contribution in [0.25, 0.3) is 60.6 Å². The molecule has 0 bridgehead atoms. The smallest absolute Gasteiger partial charge is 0.143 e. The van der Waals surface area contributed by atoms with E-state index in [2.05, 4.69) is 89.5 Å². The number of hydrogen-bond acceptors (Lipinski definition) is 1. The highest BCUT2D eigenvalue weighted by Crippen LogP contribution is 2.40. The van der Waals surface area contributed by atoms with Gasteiger partial charge in [-0.3, -0.25) is 0 Å². The van der Waals surface area contributed by atoms with Crippen molar-refractivity contribution >= 4 is 55.3 Å². The summed E-state index contributed by atoms with van der Waals surface area (Å²) in [6.45, 7) is 0. The molecular weight excluding hydrogens is 426 g/mol. The molecule has 7 aromatic rings. The predicted octanol–water partition coefficient (Wildman–Crippen LogP) is 9.00. The first-order valence-corrected chi connectivity index (χ1v) is 11.4. The molecule has 0 radical (unpaired) electrons. The Balaban J connectivity index is 1.66. The molecule has 5 aromatic carbocycles. The van der Waals surface area contributed by atoms with E-state index < -0.39 is 0 Å². The molecule has 0 atom stereocenters. The van der Waals surface area contributed by atoms with Crippen LogP contribution in [-0.2, 0) is 0 Å². The summed E-state index contributed by atoms with van der Waals surface area (Å²) in [5.74, 6) is 0. The Hall–Kier alpha value is -4.01. The van der Waals surface area contributed by atoms with E-state index in [1.807, 2.05) is 24.3 Å². The van der Waals surface area contributed by atoms with E-state index in [9.17, 15) is 0 Å². The van der Waals surface area contributed by atoms with Crippen LogP contribution in [0, 0.1) is 0 Å². The van der Waals surface area contributed by atoms with E-state index in [1.54, 1.807) is 0 Å². The molecule has 0 saturated carbocycles. The molecular formula is C30H18ClNO. The lowest BCUT2D eigenvalue weighted by molar-refractivity contribution is 0.670. The Labute approximate surface area is 195 Å². The van der Waals surface area contributed by atoms with Gasteiger partial charge < -0.3 is 8.98 Å². The highest BCUT2D eigenvalue weighted by molar-refractivity contribution is 6.31. The van der Waals surface area contributed by atoms with Crippen LogP contribution < -0.4 is 0 Å². The Morgan fingerprint density at radius 2 is 1.24 bits per heavy atom. The Kier molecular flexibility index (Phi) is 3.93. The first-order chi connectivity index (χ1) is 16.3. The van der Waals surface area contributed by atoms with Crippen LogP contribution in [0.3, 0.4) is 0 Å². The number of furan rings is 1. The maximum Gasteiger partial charge on any atom is 0.143 e. The fourth-order valence-electron chi connectivity index (χ4n) is 5.00. The van der Waals surface area contributed by atoms with Gasteiger partial charge in [0.15, 0.2) is 0 Å². The zero-order valence-corrected chi connectivity index (χ0v) is 18.4. The third-order valence-electron chi connectivity index (χ3n) is 6.44. The van der Waals surface area contributed by atoms with E-state index >= 15 is 0 Å². The van der Waals surface area contributed by atoms with E-state index in [0.717, 1.165) is 38.8 Å². The standard InChI is InChI=1S/C30H18ClNO/c31-20-14-15-24-26-18-21(17-25(19-8-2-1-3-9-19)30(26)33-29(24)16-20)32-27-12-6-4-10-22(27)23-11-5-7-13-28(23)32/h1-18H. The molecule has 2 nitrogen and oxygen atoms in total. The van der Waals surface area contributed by atoms with Gasteiger partial charge in [-0.05, 0) is 42.0 Å². The molecule has 0 N–H and O–H groups in total. The topological polar surface area (TPSA) is 18.1 Å². The van der Waals surface area contributed by atoms with Gasteiger partial charge in [-0.15, -0.1) is 0 Å². The van der Waals surface area contributed by atoms with Crippen LogP contribution in [-0.4, -0.2) is 4.57 Å². The Bertz CT molecular complexity index is 1770. The summed E-state index contributed by atoms with van der Waals surface area (Å²) >= 11 is 6.28. The highest BCUT2D eigenvalue weighted by Gasteiger charge is 2.18. The summed E-state index contributed by atoms with van der Waals surface area (Å²) < 4.78 is 8.72. The molecule has 2 aromatic heterocycles. The number of para-hydroxylation sites is 2. The number of hydrogen-bond donors (Lipinski definition) is 0. The van der Waals surface area contributed by atoms with Gasteiger partial charge in [0.1, 0.15) is 11.2 Å². The lowest BCUT2D eigenvalue weighted by atomic mass is 10.0. The lowest BCUT2D eigenvalue weighted by Crippen LogP contribution is -1.95. The second-order valence-electron chi connectivity index (χ2n) is 8.35. The van der Waals surface area contributed by atoms with Crippen LogP contribution in [0.15, 0.2) is 114 Å². The molecule has 0 amide bonds. The van der Waals surface area contributed by atoms with Crippen LogP contribution in [0.5, 0.6) is 0 Å². The largest absolute Gasteiger partial charge is 0.455 e. The SMILES string of the molecule is Clc1ccc2c(c1)oc1c(-c3ccccc3)cc(-n3c4ccccc4c4ccccc43)cc12. The van der Waals surface area contributed by atoms with Crippen molar-refractivity contribution in [2.75, 3.05) is 0 Å². The molecule has 0 aliphatic heterocycles. The highest BCUT2D eigenvalue weighted by atomic mass is 35.5. The van der Waals surface area contributed by atoms with Crippen molar-refractivity contribution in [3.05, 3.63) is 114 Å². The summed E-state index contributed by atoms with van der Waals surface area (Å²) in [6, 6.07) is 37.9. The summed E-state index contributed by atoms with van der Waals surface area (Å²) in [6.07, 6.45) is 0. The minimum Gasteiger partial charge on any atom is -0.455 e. The number of fused-ring (bicyclic) bond motifs is 6. The molecule has 0 unspecified atom stereocenters. The van der Waals surface area contributed by atoms with Gasteiger partial charge in [0, 0.05) is 43.9 Å². The van der Waals surface area contributed by atoms with Gasteiger partial charge in [-0.25, -0.2) is 0 Å². The molecule has 0 fully saturated rings. The molecule has 0 aliphatic rings. The number of nitrogens with zero attached hydrogens (tertiary/aromatic N) is 1. The minimum absolute atomic E-state index is 0.672. The maximum absolute atomic E-state index is 6.37. The number of halogens is 1. The number of benzene rings is 5. The average Bonchev–Trinajstić information content (AvgIpc) is 3.39. The van der Waals surface area contributed by atoms with Gasteiger partial charge in [-0.1, -0.05) is 78.3 Å².